The molecule has 1 saturated heterocycles. The fourth-order valence-corrected chi connectivity index (χ4v) is 5.35. The third kappa shape index (κ3) is 4.95. The van der Waals surface area contributed by atoms with Gasteiger partial charge < -0.3 is 9.84 Å². The van der Waals surface area contributed by atoms with E-state index in [1.54, 1.807) is 0 Å². The molecule has 0 bridgehead atoms. The highest BCUT2D eigenvalue weighted by Gasteiger charge is 2.32. The van der Waals surface area contributed by atoms with Gasteiger partial charge in [0.2, 0.25) is 0 Å². The van der Waals surface area contributed by atoms with Gasteiger partial charge in [0.25, 0.3) is 0 Å². The van der Waals surface area contributed by atoms with Crippen molar-refractivity contribution in [1.82, 2.24) is 4.90 Å². The number of benzene rings is 3. The average Bonchev–Trinajstić information content (AvgIpc) is 3.33. The monoisotopic (exact) mass is 449 g/mol. The van der Waals surface area contributed by atoms with Crippen LogP contribution in [0.15, 0.2) is 72.8 Å². The van der Waals surface area contributed by atoms with Crippen LogP contribution in [0.3, 0.4) is 0 Å². The molecule has 2 atom stereocenters. The SMILES string of the molecule is Cl.Oc1ccc2c(c1)CC[C@H](c1ccccc1)[C@@H]2c1ccc(OCCN2CCCC2)cc1. The quantitative estimate of drug-likeness (QED) is 0.489. The molecule has 0 spiro atoms. The first kappa shape index (κ1) is 22.7. The van der Waals surface area contributed by atoms with Gasteiger partial charge in [0, 0.05) is 12.5 Å². The Labute approximate surface area is 197 Å². The lowest BCUT2D eigenvalue weighted by atomic mass is 9.69. The van der Waals surface area contributed by atoms with Crippen molar-refractivity contribution >= 4 is 12.4 Å². The maximum Gasteiger partial charge on any atom is 0.119 e. The lowest BCUT2D eigenvalue weighted by molar-refractivity contribution is 0.237. The molecule has 0 amide bonds. The van der Waals surface area contributed by atoms with Crippen molar-refractivity contribution in [3.05, 3.63) is 95.1 Å². The highest BCUT2D eigenvalue weighted by Crippen LogP contribution is 2.47. The Kier molecular flexibility index (Phi) is 7.39. The molecule has 168 valence electrons. The van der Waals surface area contributed by atoms with E-state index in [-0.39, 0.29) is 18.3 Å². The fourth-order valence-electron chi connectivity index (χ4n) is 5.35. The summed E-state index contributed by atoms with van der Waals surface area (Å²) >= 11 is 0. The van der Waals surface area contributed by atoms with Crippen molar-refractivity contribution in [2.24, 2.45) is 0 Å². The number of aromatic hydroxyl groups is 1. The van der Waals surface area contributed by atoms with Crippen molar-refractivity contribution in [3.8, 4) is 11.5 Å². The van der Waals surface area contributed by atoms with E-state index >= 15 is 0 Å². The Hall–Kier alpha value is -2.49. The summed E-state index contributed by atoms with van der Waals surface area (Å²) in [7, 11) is 0. The lowest BCUT2D eigenvalue weighted by Gasteiger charge is -2.35. The number of ether oxygens (including phenoxy) is 1. The summed E-state index contributed by atoms with van der Waals surface area (Å²) in [5.74, 6) is 2.02. The second-order valence-electron chi connectivity index (χ2n) is 8.88. The molecule has 0 radical (unpaired) electrons. The number of hydrogen-bond donors (Lipinski definition) is 1. The molecular formula is C28H32ClNO2. The number of halogens is 1. The minimum atomic E-state index is 0. The summed E-state index contributed by atoms with van der Waals surface area (Å²) in [5.41, 5.74) is 5.30. The van der Waals surface area contributed by atoms with Crippen LogP contribution in [0.1, 0.15) is 53.4 Å². The zero-order valence-electron chi connectivity index (χ0n) is 18.5. The highest BCUT2D eigenvalue weighted by molar-refractivity contribution is 5.85. The molecule has 3 nitrogen and oxygen atoms in total. The molecule has 0 aromatic heterocycles. The number of phenolic OH excluding ortho intramolecular Hbond substituents is 1. The second kappa shape index (κ2) is 10.4. The molecular weight excluding hydrogens is 418 g/mol. The Morgan fingerprint density at radius 3 is 2.38 bits per heavy atom. The molecule has 0 saturated carbocycles. The maximum absolute atomic E-state index is 10.0. The third-order valence-electron chi connectivity index (χ3n) is 6.93. The van der Waals surface area contributed by atoms with Crippen LogP contribution in [-0.4, -0.2) is 36.2 Å². The van der Waals surface area contributed by atoms with Crippen LogP contribution in [-0.2, 0) is 6.42 Å². The molecule has 5 rings (SSSR count). The van der Waals surface area contributed by atoms with E-state index in [2.05, 4.69) is 65.6 Å². The highest BCUT2D eigenvalue weighted by atomic mass is 35.5. The molecule has 2 aliphatic rings. The van der Waals surface area contributed by atoms with E-state index in [0.717, 1.165) is 31.7 Å². The van der Waals surface area contributed by atoms with Gasteiger partial charge in [0.15, 0.2) is 0 Å². The van der Waals surface area contributed by atoms with Gasteiger partial charge in [0.05, 0.1) is 0 Å². The van der Waals surface area contributed by atoms with E-state index in [4.69, 9.17) is 4.74 Å². The summed E-state index contributed by atoms with van der Waals surface area (Å²) in [6, 6.07) is 25.4. The predicted molar refractivity (Wildman–Crippen MR) is 132 cm³/mol. The van der Waals surface area contributed by atoms with Crippen LogP contribution >= 0.6 is 12.4 Å². The van der Waals surface area contributed by atoms with Crippen molar-refractivity contribution in [3.63, 3.8) is 0 Å². The number of rotatable bonds is 6. The first-order chi connectivity index (χ1) is 15.3. The summed E-state index contributed by atoms with van der Waals surface area (Å²) in [6.45, 7) is 4.18. The molecule has 1 aliphatic carbocycles. The van der Waals surface area contributed by atoms with Crippen LogP contribution in [0, 0.1) is 0 Å². The van der Waals surface area contributed by atoms with E-state index in [0.29, 0.717) is 11.7 Å². The van der Waals surface area contributed by atoms with Crippen LogP contribution in [0.4, 0.5) is 0 Å². The van der Waals surface area contributed by atoms with Crippen molar-refractivity contribution in [2.45, 2.75) is 37.5 Å². The first-order valence-electron chi connectivity index (χ1n) is 11.6. The average molecular weight is 450 g/mol. The Balaban J connectivity index is 0.00000245. The van der Waals surface area contributed by atoms with Gasteiger partial charge in [-0.1, -0.05) is 48.5 Å². The fraction of sp³-hybridized carbons (Fsp3) is 0.357. The smallest absolute Gasteiger partial charge is 0.119 e. The zero-order chi connectivity index (χ0) is 21.0. The van der Waals surface area contributed by atoms with Crippen LogP contribution in [0.2, 0.25) is 0 Å². The number of fused-ring (bicyclic) bond motifs is 1. The maximum atomic E-state index is 10.0. The Morgan fingerprint density at radius 2 is 1.62 bits per heavy atom. The van der Waals surface area contributed by atoms with Gasteiger partial charge in [-0.3, -0.25) is 4.90 Å². The standard InChI is InChI=1S/C28H31NO2.ClH/c30-24-11-15-27-23(20-24)10-14-26(21-6-2-1-3-7-21)28(27)22-8-12-25(13-9-22)31-19-18-29-16-4-5-17-29;/h1-3,6-9,11-13,15,20,26,28,30H,4-5,10,14,16-19H2;1H/t26-,28+;/m1./s1. The summed E-state index contributed by atoms with van der Waals surface area (Å²) < 4.78 is 6.03. The third-order valence-corrected chi connectivity index (χ3v) is 6.93. The minimum Gasteiger partial charge on any atom is -0.508 e. The van der Waals surface area contributed by atoms with E-state index in [1.165, 1.54) is 48.2 Å². The number of phenols is 1. The zero-order valence-corrected chi connectivity index (χ0v) is 19.3. The second-order valence-corrected chi connectivity index (χ2v) is 8.88. The van der Waals surface area contributed by atoms with Gasteiger partial charge in [-0.2, -0.15) is 0 Å². The van der Waals surface area contributed by atoms with Crippen molar-refractivity contribution in [1.29, 1.82) is 0 Å². The van der Waals surface area contributed by atoms with E-state index in [1.807, 2.05) is 12.1 Å². The minimum absolute atomic E-state index is 0. The topological polar surface area (TPSA) is 32.7 Å². The van der Waals surface area contributed by atoms with E-state index < -0.39 is 0 Å². The molecule has 0 unspecified atom stereocenters. The normalized spacial score (nSPS) is 20.4. The number of aryl methyl sites for hydroxylation is 1. The number of likely N-dealkylation sites (tertiary alicyclic amines) is 1. The van der Waals surface area contributed by atoms with Crippen LogP contribution in [0.5, 0.6) is 11.5 Å². The summed E-state index contributed by atoms with van der Waals surface area (Å²) in [4.78, 5) is 2.48. The van der Waals surface area contributed by atoms with Crippen molar-refractivity contribution in [2.75, 3.05) is 26.2 Å². The van der Waals surface area contributed by atoms with Gasteiger partial charge >= 0.3 is 0 Å². The molecule has 1 N–H and O–H groups in total. The van der Waals surface area contributed by atoms with Crippen LogP contribution in [0.25, 0.3) is 0 Å². The molecule has 3 aromatic rings. The van der Waals surface area contributed by atoms with Gasteiger partial charge in [-0.25, -0.2) is 0 Å². The first-order valence-corrected chi connectivity index (χ1v) is 11.6. The molecule has 1 fully saturated rings. The predicted octanol–water partition coefficient (Wildman–Crippen LogP) is 6.15. The summed E-state index contributed by atoms with van der Waals surface area (Å²) in [5, 5.41) is 10.0. The van der Waals surface area contributed by atoms with Gasteiger partial charge in [0.1, 0.15) is 18.1 Å². The molecule has 1 aliphatic heterocycles. The van der Waals surface area contributed by atoms with Crippen LogP contribution < -0.4 is 4.74 Å². The summed E-state index contributed by atoms with van der Waals surface area (Å²) in [6.07, 6.45) is 4.71. The number of hydrogen-bond acceptors (Lipinski definition) is 3. The van der Waals surface area contributed by atoms with E-state index in [9.17, 15) is 5.11 Å². The molecule has 32 heavy (non-hydrogen) atoms. The van der Waals surface area contributed by atoms with Gasteiger partial charge in [-0.15, -0.1) is 12.4 Å². The molecule has 3 aromatic carbocycles. The lowest BCUT2D eigenvalue weighted by Crippen LogP contribution is -2.25. The van der Waals surface area contributed by atoms with Crippen molar-refractivity contribution < 1.29 is 9.84 Å². The largest absolute Gasteiger partial charge is 0.508 e. The van der Waals surface area contributed by atoms with Gasteiger partial charge in [-0.05, 0) is 91.2 Å². The molecule has 1 heterocycles. The number of nitrogens with zero attached hydrogens (tertiary/aromatic N) is 1. The molecule has 4 heteroatoms. The Bertz CT molecular complexity index is 1000. The Morgan fingerprint density at radius 1 is 0.875 bits per heavy atom.